The van der Waals surface area contributed by atoms with Crippen LogP contribution in [0.4, 0.5) is 26.7 Å². The first kappa shape index (κ1) is 22.6. The molecule has 0 aliphatic carbocycles. The molecule has 0 fully saturated rings. The van der Waals surface area contributed by atoms with Gasteiger partial charge in [-0.3, -0.25) is 4.98 Å². The van der Waals surface area contributed by atoms with Crippen molar-refractivity contribution in [3.8, 4) is 22.5 Å². The number of urea groups is 1. The van der Waals surface area contributed by atoms with Crippen molar-refractivity contribution in [2.45, 2.75) is 19.6 Å². The van der Waals surface area contributed by atoms with E-state index in [-0.39, 0.29) is 34.1 Å². The molecule has 2 heterocycles. The van der Waals surface area contributed by atoms with Gasteiger partial charge in [-0.15, -0.1) is 0 Å². The maximum absolute atomic E-state index is 14.5. The van der Waals surface area contributed by atoms with Crippen LogP contribution in [-0.4, -0.2) is 33.3 Å². The number of carbonyl (C=O) groups excluding carboxylic acids is 2. The number of amides is 2. The van der Waals surface area contributed by atoms with Crippen LogP contribution in [-0.2, 0) is 16.2 Å². The third-order valence-electron chi connectivity index (χ3n) is 3.88. The molecule has 0 atom stereocenters. The Labute approximate surface area is 175 Å². The van der Waals surface area contributed by atoms with Crippen LogP contribution in [0.2, 0.25) is 0 Å². The minimum absolute atomic E-state index is 0.0396. The second-order valence-electron chi connectivity index (χ2n) is 6.12. The predicted molar refractivity (Wildman–Crippen MR) is 95.1 cm³/mol. The minimum Gasteiger partial charge on any atom is -0.339 e. The zero-order valence-corrected chi connectivity index (χ0v) is 16.0. The molecule has 0 aliphatic rings. The van der Waals surface area contributed by atoms with Crippen LogP contribution < -0.4 is 10.8 Å². The number of nitrogens with zero attached hydrogens (tertiary/aromatic N) is 3. The summed E-state index contributed by atoms with van der Waals surface area (Å²) in [6.45, 7) is 0.960. The van der Waals surface area contributed by atoms with Crippen LogP contribution >= 0.6 is 0 Å². The Morgan fingerprint density at radius 1 is 1.19 bits per heavy atom. The Bertz CT molecular complexity index is 1160. The lowest BCUT2D eigenvalue weighted by Gasteiger charge is -2.11. The van der Waals surface area contributed by atoms with E-state index in [0.717, 1.165) is 12.1 Å². The molecule has 0 radical (unpaired) electrons. The van der Waals surface area contributed by atoms with Gasteiger partial charge < -0.3 is 14.7 Å². The maximum atomic E-state index is 14.5. The molecule has 2 N–H and O–H groups in total. The van der Waals surface area contributed by atoms with Gasteiger partial charge in [0.1, 0.15) is 11.6 Å². The van der Waals surface area contributed by atoms with E-state index in [9.17, 15) is 31.5 Å². The van der Waals surface area contributed by atoms with E-state index in [1.165, 1.54) is 30.7 Å². The van der Waals surface area contributed by atoms with Gasteiger partial charge in [-0.25, -0.2) is 18.4 Å². The van der Waals surface area contributed by atoms with Crippen LogP contribution in [0, 0.1) is 18.6 Å². The molecule has 0 saturated heterocycles. The van der Waals surface area contributed by atoms with Crippen molar-refractivity contribution in [2.75, 3.05) is 0 Å². The smallest absolute Gasteiger partial charge is 0.339 e. The van der Waals surface area contributed by atoms with E-state index in [1.54, 1.807) is 0 Å². The van der Waals surface area contributed by atoms with E-state index in [4.69, 9.17) is 4.52 Å². The molecule has 14 heteroatoms. The third kappa shape index (κ3) is 5.14. The number of benzene rings is 1. The number of hydrogen-bond acceptors (Lipinski definition) is 7. The van der Waals surface area contributed by atoms with Crippen LogP contribution in [0.3, 0.4) is 0 Å². The van der Waals surface area contributed by atoms with Crippen LogP contribution in [0.15, 0.2) is 35.0 Å². The zero-order valence-electron chi connectivity index (χ0n) is 16.0. The van der Waals surface area contributed by atoms with Gasteiger partial charge in [0.25, 0.3) is 0 Å². The lowest BCUT2D eigenvalue weighted by atomic mass is 9.99. The van der Waals surface area contributed by atoms with E-state index in [1.807, 2.05) is 5.32 Å². The Kier molecular flexibility index (Phi) is 6.32. The first-order valence-corrected chi connectivity index (χ1v) is 8.62. The molecule has 32 heavy (non-hydrogen) atoms. The molecule has 9 nitrogen and oxygen atoms in total. The molecule has 3 aromatic rings. The fourth-order valence-electron chi connectivity index (χ4n) is 2.49. The molecule has 2 amide bonds. The van der Waals surface area contributed by atoms with Crippen molar-refractivity contribution >= 4 is 12.0 Å². The van der Waals surface area contributed by atoms with Crippen LogP contribution in [0.5, 0.6) is 0 Å². The highest BCUT2D eigenvalue weighted by atomic mass is 19.4. The summed E-state index contributed by atoms with van der Waals surface area (Å²) in [7, 11) is 0. The normalized spacial score (nSPS) is 11.2. The van der Waals surface area contributed by atoms with Gasteiger partial charge in [0.15, 0.2) is 0 Å². The van der Waals surface area contributed by atoms with Crippen molar-refractivity contribution in [3.63, 3.8) is 0 Å². The topological polar surface area (TPSA) is 119 Å². The SMILES string of the molecule is Cc1nc(-c2c(F)cccc2-c2cnc(CNC(=O)NOC(=O)C(F)(F)F)c(F)c2)no1. The first-order chi connectivity index (χ1) is 15.1. The molecule has 2 aromatic heterocycles. The van der Waals surface area contributed by atoms with Gasteiger partial charge in [0.05, 0.1) is 17.8 Å². The van der Waals surface area contributed by atoms with Gasteiger partial charge in [-0.1, -0.05) is 17.3 Å². The second kappa shape index (κ2) is 8.95. The maximum Gasteiger partial charge on any atom is 0.493 e. The number of aromatic nitrogens is 3. The summed E-state index contributed by atoms with van der Waals surface area (Å²) < 4.78 is 69.8. The van der Waals surface area contributed by atoms with E-state index in [2.05, 4.69) is 20.0 Å². The average molecular weight is 457 g/mol. The monoisotopic (exact) mass is 457 g/mol. The van der Waals surface area contributed by atoms with Crippen molar-refractivity contribution < 1.29 is 40.9 Å². The van der Waals surface area contributed by atoms with Crippen molar-refractivity contribution in [1.29, 1.82) is 0 Å². The summed E-state index contributed by atoms with van der Waals surface area (Å²) in [6.07, 6.45) is -4.11. The summed E-state index contributed by atoms with van der Waals surface area (Å²) in [5.41, 5.74) is 1.26. The number of carbonyl (C=O) groups is 2. The summed E-state index contributed by atoms with van der Waals surface area (Å²) in [4.78, 5) is 33.3. The fraction of sp³-hybridized carbons (Fsp3) is 0.167. The number of rotatable bonds is 4. The Balaban J connectivity index is 1.74. The highest BCUT2D eigenvalue weighted by molar-refractivity contribution is 5.81. The quantitative estimate of drug-likeness (QED) is 0.456. The number of nitrogens with one attached hydrogen (secondary N) is 2. The molecule has 3 rings (SSSR count). The van der Waals surface area contributed by atoms with Gasteiger partial charge in [-0.05, 0) is 17.7 Å². The first-order valence-electron chi connectivity index (χ1n) is 8.62. The third-order valence-corrected chi connectivity index (χ3v) is 3.88. The predicted octanol–water partition coefficient (Wildman–Crippen LogP) is 3.20. The summed E-state index contributed by atoms with van der Waals surface area (Å²) in [5, 5.41) is 5.63. The number of pyridine rings is 1. The highest BCUT2D eigenvalue weighted by Gasteiger charge is 2.42. The largest absolute Gasteiger partial charge is 0.493 e. The van der Waals surface area contributed by atoms with Crippen molar-refractivity contribution in [3.05, 3.63) is 53.7 Å². The van der Waals surface area contributed by atoms with Gasteiger partial charge in [-0.2, -0.15) is 23.6 Å². The molecule has 1 aromatic carbocycles. The molecule has 0 unspecified atom stereocenters. The van der Waals surface area contributed by atoms with Crippen LogP contribution in [0.25, 0.3) is 22.5 Å². The molecular formula is C18H12F5N5O4. The molecule has 0 spiro atoms. The van der Waals surface area contributed by atoms with Gasteiger partial charge in [0, 0.05) is 18.7 Å². The molecule has 0 saturated carbocycles. The summed E-state index contributed by atoms with van der Waals surface area (Å²) in [5.74, 6) is -4.08. The van der Waals surface area contributed by atoms with E-state index in [0.29, 0.717) is 0 Å². The Morgan fingerprint density at radius 3 is 2.56 bits per heavy atom. The lowest BCUT2D eigenvalue weighted by molar-refractivity contribution is -0.204. The highest BCUT2D eigenvalue weighted by Crippen LogP contribution is 2.33. The number of aryl methyl sites for hydroxylation is 1. The number of hydrogen-bond donors (Lipinski definition) is 2. The summed E-state index contributed by atoms with van der Waals surface area (Å²) in [6, 6.07) is 3.71. The molecule has 168 valence electrons. The van der Waals surface area contributed by atoms with E-state index < -0.39 is 36.4 Å². The number of hydroxylamine groups is 1. The standard InChI is InChI=1S/C18H12F5N5O4/c1-8-26-15(27-31-8)14-10(3-2-4-11(14)19)9-5-12(20)13(24-6-9)7-25-17(30)28-32-16(29)18(21,22)23/h2-6H,7H2,1H3,(H2,25,28,30). The number of halogens is 5. The lowest BCUT2D eigenvalue weighted by Crippen LogP contribution is -2.40. The summed E-state index contributed by atoms with van der Waals surface area (Å²) >= 11 is 0. The van der Waals surface area contributed by atoms with Crippen LogP contribution in [0.1, 0.15) is 11.6 Å². The van der Waals surface area contributed by atoms with Gasteiger partial charge >= 0.3 is 18.2 Å². The zero-order chi connectivity index (χ0) is 23.5. The van der Waals surface area contributed by atoms with E-state index >= 15 is 0 Å². The molecular weight excluding hydrogens is 445 g/mol. The second-order valence-corrected chi connectivity index (χ2v) is 6.12. The average Bonchev–Trinajstić information content (AvgIpc) is 3.15. The van der Waals surface area contributed by atoms with Crippen molar-refractivity contribution in [1.82, 2.24) is 25.9 Å². The molecule has 0 bridgehead atoms. The van der Waals surface area contributed by atoms with Gasteiger partial charge in [0.2, 0.25) is 11.7 Å². The minimum atomic E-state index is -5.30. The number of alkyl halides is 3. The Hall–Kier alpha value is -4.10. The fourth-order valence-corrected chi connectivity index (χ4v) is 2.49. The van der Waals surface area contributed by atoms with Crippen molar-refractivity contribution in [2.24, 2.45) is 0 Å². The molecule has 0 aliphatic heterocycles. The Morgan fingerprint density at radius 2 is 1.94 bits per heavy atom.